The third-order valence-electron chi connectivity index (χ3n) is 5.55. The molecule has 4 rings (SSSR count). The van der Waals surface area contributed by atoms with Gasteiger partial charge in [0, 0.05) is 25.7 Å². The average molecular weight is 375 g/mol. The number of rotatable bonds is 3. The standard InChI is InChI=1S/C21H24Cl2N2/c22-19-10-9-17(14-20(19)23)21-24(15-16-6-2-1-3-7-16)13-11-18-8-4-5-12-25(18)21/h1-3,6-7,9-10,14,18,21H,4-5,8,11-13,15H2/t18-,21+/m0/s1. The van der Waals surface area contributed by atoms with E-state index in [1.807, 2.05) is 6.07 Å². The van der Waals surface area contributed by atoms with E-state index in [1.54, 1.807) is 0 Å². The molecule has 0 aromatic heterocycles. The molecule has 4 heteroatoms. The minimum Gasteiger partial charge on any atom is -0.281 e. The van der Waals surface area contributed by atoms with Gasteiger partial charge in [-0.2, -0.15) is 0 Å². The molecule has 2 atom stereocenters. The van der Waals surface area contributed by atoms with Gasteiger partial charge in [0.1, 0.15) is 0 Å². The molecule has 0 unspecified atom stereocenters. The van der Waals surface area contributed by atoms with Crippen LogP contribution in [0.3, 0.4) is 0 Å². The lowest BCUT2D eigenvalue weighted by molar-refractivity contribution is -0.0566. The summed E-state index contributed by atoms with van der Waals surface area (Å²) in [4.78, 5) is 5.28. The first kappa shape index (κ1) is 17.4. The Labute approximate surface area is 160 Å². The second kappa shape index (κ2) is 7.67. The maximum atomic E-state index is 6.35. The normalized spacial score (nSPS) is 24.9. The van der Waals surface area contributed by atoms with Crippen molar-refractivity contribution < 1.29 is 0 Å². The zero-order valence-electron chi connectivity index (χ0n) is 14.4. The van der Waals surface area contributed by atoms with Gasteiger partial charge in [0.2, 0.25) is 0 Å². The van der Waals surface area contributed by atoms with Gasteiger partial charge < -0.3 is 0 Å². The highest BCUT2D eigenvalue weighted by Crippen LogP contribution is 2.39. The van der Waals surface area contributed by atoms with Gasteiger partial charge in [0.05, 0.1) is 16.2 Å². The molecule has 2 aliphatic rings. The van der Waals surface area contributed by atoms with Crippen LogP contribution in [0, 0.1) is 0 Å². The van der Waals surface area contributed by atoms with Crippen LogP contribution in [0.2, 0.25) is 10.0 Å². The molecule has 0 saturated carbocycles. The van der Waals surface area contributed by atoms with Crippen molar-refractivity contribution >= 4 is 23.2 Å². The van der Waals surface area contributed by atoms with Gasteiger partial charge in [-0.05, 0) is 42.5 Å². The molecule has 0 spiro atoms. The highest BCUT2D eigenvalue weighted by molar-refractivity contribution is 6.42. The molecule has 2 saturated heterocycles. The van der Waals surface area contributed by atoms with E-state index in [2.05, 4.69) is 52.3 Å². The summed E-state index contributed by atoms with van der Waals surface area (Å²) in [6.07, 6.45) is 5.50. The predicted molar refractivity (Wildman–Crippen MR) is 105 cm³/mol. The highest BCUT2D eigenvalue weighted by atomic mass is 35.5. The molecule has 2 fully saturated rings. The van der Waals surface area contributed by atoms with Crippen LogP contribution in [0.4, 0.5) is 0 Å². The predicted octanol–water partition coefficient (Wildman–Crippen LogP) is 5.75. The summed E-state index contributed by atoms with van der Waals surface area (Å²) >= 11 is 12.5. The molecule has 0 N–H and O–H groups in total. The van der Waals surface area contributed by atoms with Gasteiger partial charge in [0.25, 0.3) is 0 Å². The lowest BCUT2D eigenvalue weighted by Gasteiger charge is -2.51. The van der Waals surface area contributed by atoms with Crippen LogP contribution in [-0.4, -0.2) is 28.9 Å². The Bertz CT molecular complexity index is 719. The molecule has 2 aliphatic heterocycles. The van der Waals surface area contributed by atoms with Crippen LogP contribution >= 0.6 is 23.2 Å². The summed E-state index contributed by atoms with van der Waals surface area (Å²) < 4.78 is 0. The Morgan fingerprint density at radius 1 is 0.880 bits per heavy atom. The molecular weight excluding hydrogens is 351 g/mol. The number of piperidine rings is 1. The first-order valence-corrected chi connectivity index (χ1v) is 9.96. The van der Waals surface area contributed by atoms with E-state index in [0.717, 1.165) is 13.1 Å². The number of halogens is 2. The largest absolute Gasteiger partial charge is 0.281 e. The number of fused-ring (bicyclic) bond motifs is 1. The fraction of sp³-hybridized carbons (Fsp3) is 0.429. The van der Waals surface area contributed by atoms with Gasteiger partial charge in [-0.1, -0.05) is 66.0 Å². The maximum absolute atomic E-state index is 6.35. The smallest absolute Gasteiger partial charge is 0.0892 e. The fourth-order valence-corrected chi connectivity index (χ4v) is 4.67. The fourth-order valence-electron chi connectivity index (χ4n) is 4.36. The van der Waals surface area contributed by atoms with Gasteiger partial charge in [0.15, 0.2) is 0 Å². The quantitative estimate of drug-likeness (QED) is 0.674. The first-order chi connectivity index (χ1) is 12.2. The third-order valence-corrected chi connectivity index (χ3v) is 6.29. The molecule has 0 radical (unpaired) electrons. The minimum atomic E-state index is 0.286. The van der Waals surface area contributed by atoms with Crippen molar-refractivity contribution in [1.82, 2.24) is 9.80 Å². The molecule has 2 heterocycles. The van der Waals surface area contributed by atoms with E-state index in [4.69, 9.17) is 23.2 Å². The Morgan fingerprint density at radius 3 is 2.52 bits per heavy atom. The zero-order valence-corrected chi connectivity index (χ0v) is 15.9. The van der Waals surface area contributed by atoms with Crippen molar-refractivity contribution in [2.45, 2.75) is 44.4 Å². The van der Waals surface area contributed by atoms with E-state index in [-0.39, 0.29) is 6.17 Å². The van der Waals surface area contributed by atoms with Crippen molar-refractivity contribution in [3.05, 3.63) is 69.7 Å². The Hall–Kier alpha value is -1.06. The van der Waals surface area contributed by atoms with Gasteiger partial charge in [-0.3, -0.25) is 9.80 Å². The molecular formula is C21H24Cl2N2. The van der Waals surface area contributed by atoms with Crippen LogP contribution in [0.25, 0.3) is 0 Å². The van der Waals surface area contributed by atoms with Crippen molar-refractivity contribution in [2.75, 3.05) is 13.1 Å². The highest BCUT2D eigenvalue weighted by Gasteiger charge is 2.37. The van der Waals surface area contributed by atoms with Crippen LogP contribution < -0.4 is 0 Å². The molecule has 132 valence electrons. The number of nitrogens with zero attached hydrogens (tertiary/aromatic N) is 2. The van der Waals surface area contributed by atoms with E-state index < -0.39 is 0 Å². The zero-order chi connectivity index (χ0) is 17.2. The van der Waals surface area contributed by atoms with Crippen molar-refractivity contribution in [1.29, 1.82) is 0 Å². The summed E-state index contributed by atoms with van der Waals surface area (Å²) in [7, 11) is 0. The number of benzene rings is 2. The van der Waals surface area contributed by atoms with E-state index in [0.29, 0.717) is 16.1 Å². The topological polar surface area (TPSA) is 6.48 Å². The summed E-state index contributed by atoms with van der Waals surface area (Å²) in [6, 6.07) is 17.6. The SMILES string of the molecule is Clc1ccc([C@@H]2N(Cc3ccccc3)CC[C@@H]3CCCCN32)cc1Cl. The lowest BCUT2D eigenvalue weighted by atomic mass is 9.93. The second-order valence-electron chi connectivity index (χ2n) is 7.18. The van der Waals surface area contributed by atoms with Gasteiger partial charge in [-0.25, -0.2) is 0 Å². The third kappa shape index (κ3) is 3.73. The first-order valence-electron chi connectivity index (χ1n) is 9.21. The minimum absolute atomic E-state index is 0.286. The van der Waals surface area contributed by atoms with Crippen LogP contribution in [-0.2, 0) is 6.54 Å². The van der Waals surface area contributed by atoms with Gasteiger partial charge in [-0.15, -0.1) is 0 Å². The molecule has 2 aromatic carbocycles. The van der Waals surface area contributed by atoms with Crippen LogP contribution in [0.5, 0.6) is 0 Å². The van der Waals surface area contributed by atoms with E-state index in [9.17, 15) is 0 Å². The molecule has 2 aromatic rings. The Balaban J connectivity index is 1.67. The monoisotopic (exact) mass is 374 g/mol. The van der Waals surface area contributed by atoms with Crippen LogP contribution in [0.15, 0.2) is 48.5 Å². The summed E-state index contributed by atoms with van der Waals surface area (Å²) in [5.74, 6) is 0. The number of hydrogen-bond donors (Lipinski definition) is 0. The van der Waals surface area contributed by atoms with E-state index >= 15 is 0 Å². The molecule has 0 amide bonds. The van der Waals surface area contributed by atoms with Crippen molar-refractivity contribution in [3.8, 4) is 0 Å². The second-order valence-corrected chi connectivity index (χ2v) is 7.99. The van der Waals surface area contributed by atoms with Gasteiger partial charge >= 0.3 is 0 Å². The molecule has 2 nitrogen and oxygen atoms in total. The molecule has 25 heavy (non-hydrogen) atoms. The maximum Gasteiger partial charge on any atom is 0.0892 e. The molecule has 0 bridgehead atoms. The summed E-state index contributed by atoms with van der Waals surface area (Å²) in [5.41, 5.74) is 2.62. The summed E-state index contributed by atoms with van der Waals surface area (Å²) in [5, 5.41) is 1.28. The Kier molecular flexibility index (Phi) is 5.33. The Morgan fingerprint density at radius 2 is 1.72 bits per heavy atom. The van der Waals surface area contributed by atoms with E-state index in [1.165, 1.54) is 43.4 Å². The molecule has 0 aliphatic carbocycles. The van der Waals surface area contributed by atoms with Crippen molar-refractivity contribution in [2.24, 2.45) is 0 Å². The summed E-state index contributed by atoms with van der Waals surface area (Å²) in [6.45, 7) is 3.26. The average Bonchev–Trinajstić information content (AvgIpc) is 2.65. The number of hydrogen-bond acceptors (Lipinski definition) is 2. The lowest BCUT2D eigenvalue weighted by Crippen LogP contribution is -2.54. The van der Waals surface area contributed by atoms with Crippen LogP contribution in [0.1, 0.15) is 43.0 Å². The van der Waals surface area contributed by atoms with Crippen molar-refractivity contribution in [3.63, 3.8) is 0 Å².